The third-order valence-corrected chi connectivity index (χ3v) is 5.68. The fraction of sp³-hybridized carbons (Fsp3) is 1.00. The summed E-state index contributed by atoms with van der Waals surface area (Å²) in [5.74, 6) is 0.635. The summed E-state index contributed by atoms with van der Waals surface area (Å²) in [7, 11) is 0. The molecule has 0 saturated carbocycles. The summed E-state index contributed by atoms with van der Waals surface area (Å²) < 4.78 is 0. The zero-order chi connectivity index (χ0) is 14.6. The van der Waals surface area contributed by atoms with Gasteiger partial charge >= 0.3 is 0 Å². The SMILES string of the molecule is CCCCCCC(C)C(C)(C)C(C)(C)C(C)(N)N. The van der Waals surface area contributed by atoms with Crippen molar-refractivity contribution < 1.29 is 0 Å². The molecule has 0 fully saturated rings. The molecule has 0 amide bonds. The average molecular weight is 256 g/mol. The Hall–Kier alpha value is -0.0800. The molecule has 0 aromatic carbocycles. The zero-order valence-corrected chi connectivity index (χ0v) is 13.8. The highest BCUT2D eigenvalue weighted by Crippen LogP contribution is 2.49. The lowest BCUT2D eigenvalue weighted by Crippen LogP contribution is -2.64. The van der Waals surface area contributed by atoms with Gasteiger partial charge in [0.05, 0.1) is 5.66 Å². The molecule has 0 bridgehead atoms. The number of unbranched alkanes of at least 4 members (excludes halogenated alkanes) is 3. The monoisotopic (exact) mass is 256 g/mol. The van der Waals surface area contributed by atoms with Crippen LogP contribution < -0.4 is 11.5 Å². The molecule has 1 atom stereocenters. The lowest BCUT2D eigenvalue weighted by Gasteiger charge is -2.53. The van der Waals surface area contributed by atoms with Crippen molar-refractivity contribution in [2.24, 2.45) is 28.2 Å². The van der Waals surface area contributed by atoms with Gasteiger partial charge in [0.15, 0.2) is 0 Å². The van der Waals surface area contributed by atoms with Crippen LogP contribution >= 0.6 is 0 Å². The predicted octanol–water partition coefficient (Wildman–Crippen LogP) is 4.28. The molecule has 0 heterocycles. The van der Waals surface area contributed by atoms with Gasteiger partial charge in [-0.2, -0.15) is 0 Å². The van der Waals surface area contributed by atoms with E-state index in [0.29, 0.717) is 5.92 Å². The second-order valence-electron chi connectivity index (χ2n) is 7.38. The van der Waals surface area contributed by atoms with Crippen LogP contribution in [0.25, 0.3) is 0 Å². The van der Waals surface area contributed by atoms with Crippen LogP contribution in [0.1, 0.15) is 80.6 Å². The van der Waals surface area contributed by atoms with Crippen molar-refractivity contribution in [3.63, 3.8) is 0 Å². The van der Waals surface area contributed by atoms with Crippen molar-refractivity contribution in [2.75, 3.05) is 0 Å². The Kier molecular flexibility index (Phi) is 6.35. The molecular weight excluding hydrogens is 220 g/mol. The van der Waals surface area contributed by atoms with Crippen LogP contribution in [0, 0.1) is 16.7 Å². The minimum absolute atomic E-state index is 0.0931. The van der Waals surface area contributed by atoms with Crippen molar-refractivity contribution in [2.45, 2.75) is 86.2 Å². The highest BCUT2D eigenvalue weighted by molar-refractivity contribution is 5.00. The van der Waals surface area contributed by atoms with Gasteiger partial charge in [0.2, 0.25) is 0 Å². The Morgan fingerprint density at radius 2 is 1.39 bits per heavy atom. The first-order valence-electron chi connectivity index (χ1n) is 7.56. The molecular formula is C16H36N2. The fourth-order valence-corrected chi connectivity index (χ4v) is 2.55. The molecule has 2 heteroatoms. The third kappa shape index (κ3) is 3.96. The second kappa shape index (κ2) is 6.38. The van der Waals surface area contributed by atoms with E-state index in [4.69, 9.17) is 11.5 Å². The maximum atomic E-state index is 6.19. The van der Waals surface area contributed by atoms with E-state index in [1.807, 2.05) is 6.92 Å². The van der Waals surface area contributed by atoms with Crippen molar-refractivity contribution in [1.29, 1.82) is 0 Å². The summed E-state index contributed by atoms with van der Waals surface area (Å²) in [5, 5.41) is 0. The van der Waals surface area contributed by atoms with Gasteiger partial charge in [-0.1, -0.05) is 73.6 Å². The van der Waals surface area contributed by atoms with Gasteiger partial charge in [-0.05, 0) is 18.3 Å². The van der Waals surface area contributed by atoms with Crippen molar-refractivity contribution in [1.82, 2.24) is 0 Å². The summed E-state index contributed by atoms with van der Waals surface area (Å²) in [6, 6.07) is 0. The maximum absolute atomic E-state index is 6.19. The molecule has 4 N–H and O–H groups in total. The standard InChI is InChI=1S/C16H36N2/c1-8-9-10-11-12-13(2)14(3,4)15(5,6)16(7,17)18/h13H,8-12,17-18H2,1-7H3. The highest BCUT2D eigenvalue weighted by Gasteiger charge is 2.48. The van der Waals surface area contributed by atoms with Crippen LogP contribution in [0.15, 0.2) is 0 Å². The molecule has 0 aliphatic carbocycles. The minimum atomic E-state index is -0.645. The molecule has 18 heavy (non-hydrogen) atoms. The van der Waals surface area contributed by atoms with Crippen LogP contribution in [0.4, 0.5) is 0 Å². The Labute approximate surface area is 115 Å². The molecule has 0 radical (unpaired) electrons. The average Bonchev–Trinajstić information content (AvgIpc) is 2.22. The molecule has 0 saturated heterocycles. The van der Waals surface area contributed by atoms with Crippen LogP contribution in [-0.4, -0.2) is 5.66 Å². The third-order valence-electron chi connectivity index (χ3n) is 5.68. The molecule has 0 rings (SSSR count). The number of nitrogens with two attached hydrogens (primary N) is 2. The van der Waals surface area contributed by atoms with E-state index in [0.717, 1.165) is 0 Å². The first-order chi connectivity index (χ1) is 7.98. The van der Waals surface area contributed by atoms with E-state index >= 15 is 0 Å². The molecule has 1 unspecified atom stereocenters. The first-order valence-corrected chi connectivity index (χ1v) is 7.56. The van der Waals surface area contributed by atoms with Gasteiger partial charge in [-0.25, -0.2) is 0 Å². The quantitative estimate of drug-likeness (QED) is 0.503. The normalized spacial score (nSPS) is 15.8. The highest BCUT2D eigenvalue weighted by atomic mass is 15.0. The summed E-state index contributed by atoms with van der Waals surface area (Å²) >= 11 is 0. The van der Waals surface area contributed by atoms with Crippen LogP contribution in [0.3, 0.4) is 0 Å². The van der Waals surface area contributed by atoms with Crippen molar-refractivity contribution in [3.8, 4) is 0 Å². The van der Waals surface area contributed by atoms with E-state index in [1.54, 1.807) is 0 Å². The second-order valence-corrected chi connectivity index (χ2v) is 7.38. The maximum Gasteiger partial charge on any atom is 0.0665 e. The van der Waals surface area contributed by atoms with Gasteiger partial charge in [0.25, 0.3) is 0 Å². The van der Waals surface area contributed by atoms with E-state index in [1.165, 1.54) is 32.1 Å². The molecule has 2 nitrogen and oxygen atoms in total. The zero-order valence-electron chi connectivity index (χ0n) is 13.8. The molecule has 0 aliphatic rings. The van der Waals surface area contributed by atoms with Crippen LogP contribution in [0.2, 0.25) is 0 Å². The Bertz CT molecular complexity index is 236. The predicted molar refractivity (Wildman–Crippen MR) is 82.3 cm³/mol. The molecule has 0 aliphatic heterocycles. The lowest BCUT2D eigenvalue weighted by atomic mass is 9.56. The van der Waals surface area contributed by atoms with E-state index < -0.39 is 5.66 Å². The van der Waals surface area contributed by atoms with Crippen LogP contribution in [0.5, 0.6) is 0 Å². The molecule has 0 aromatic rings. The lowest BCUT2D eigenvalue weighted by molar-refractivity contribution is -0.0173. The van der Waals surface area contributed by atoms with E-state index in [-0.39, 0.29) is 10.8 Å². The topological polar surface area (TPSA) is 52.0 Å². The summed E-state index contributed by atoms with van der Waals surface area (Å²) in [4.78, 5) is 0. The number of hydrogen-bond acceptors (Lipinski definition) is 2. The van der Waals surface area contributed by atoms with Crippen molar-refractivity contribution in [3.05, 3.63) is 0 Å². The van der Waals surface area contributed by atoms with Gasteiger partial charge in [-0.15, -0.1) is 0 Å². The van der Waals surface area contributed by atoms with Crippen molar-refractivity contribution >= 4 is 0 Å². The minimum Gasteiger partial charge on any atom is -0.313 e. The fourth-order valence-electron chi connectivity index (χ4n) is 2.55. The molecule has 110 valence electrons. The van der Waals surface area contributed by atoms with Gasteiger partial charge in [0, 0.05) is 5.41 Å². The Morgan fingerprint density at radius 1 is 0.889 bits per heavy atom. The number of rotatable bonds is 8. The smallest absolute Gasteiger partial charge is 0.0665 e. The Morgan fingerprint density at radius 3 is 1.78 bits per heavy atom. The van der Waals surface area contributed by atoms with Gasteiger partial charge in [0.1, 0.15) is 0 Å². The van der Waals surface area contributed by atoms with E-state index in [2.05, 4.69) is 41.5 Å². The summed E-state index contributed by atoms with van der Waals surface area (Å²) in [6.07, 6.45) is 6.59. The number of hydrogen-bond donors (Lipinski definition) is 2. The van der Waals surface area contributed by atoms with Crippen LogP contribution in [-0.2, 0) is 0 Å². The molecule has 0 spiro atoms. The van der Waals surface area contributed by atoms with E-state index in [9.17, 15) is 0 Å². The molecule has 0 aromatic heterocycles. The van der Waals surface area contributed by atoms with Gasteiger partial charge < -0.3 is 11.5 Å². The summed E-state index contributed by atoms with van der Waals surface area (Å²) in [5.41, 5.74) is 11.8. The summed E-state index contributed by atoms with van der Waals surface area (Å²) in [6.45, 7) is 15.6. The largest absolute Gasteiger partial charge is 0.313 e. The Balaban J connectivity index is 4.61. The van der Waals surface area contributed by atoms with Gasteiger partial charge in [-0.3, -0.25) is 0 Å². The first kappa shape index (κ1) is 17.9.